The lowest BCUT2D eigenvalue weighted by Gasteiger charge is -2.11. The molecule has 0 spiro atoms. The first kappa shape index (κ1) is 19.4. The van der Waals surface area contributed by atoms with Gasteiger partial charge in [-0.2, -0.15) is 10.4 Å². The lowest BCUT2D eigenvalue weighted by Crippen LogP contribution is -2.18. The molecule has 11 heteroatoms. The van der Waals surface area contributed by atoms with E-state index in [2.05, 4.69) is 15.2 Å². The minimum atomic E-state index is -3.85. The standard InChI is InChI=1S/C17H13F2N5O3S/c1-2-5-28(26,27)24-12-4-3-11(18)13(14(12)19)16(25)15-10-6-9(7-20)8-21-17(10)23-22-15/h3-4,6,8,24H,2,5H2,1H3,(H,21,22,23). The van der Waals surface area contributed by atoms with Gasteiger partial charge in [0.15, 0.2) is 11.5 Å². The van der Waals surface area contributed by atoms with Crippen LogP contribution in [0.15, 0.2) is 24.4 Å². The molecule has 144 valence electrons. The van der Waals surface area contributed by atoms with Crippen molar-refractivity contribution in [3.8, 4) is 6.07 Å². The average molecular weight is 405 g/mol. The van der Waals surface area contributed by atoms with Crippen LogP contribution in [0.5, 0.6) is 0 Å². The lowest BCUT2D eigenvalue weighted by atomic mass is 10.0. The number of pyridine rings is 1. The van der Waals surface area contributed by atoms with Crippen molar-refractivity contribution in [2.45, 2.75) is 13.3 Å². The van der Waals surface area contributed by atoms with Crippen molar-refractivity contribution >= 4 is 32.5 Å². The van der Waals surface area contributed by atoms with Crippen LogP contribution in [-0.4, -0.2) is 35.1 Å². The van der Waals surface area contributed by atoms with Gasteiger partial charge in [0, 0.05) is 6.20 Å². The fraction of sp³-hybridized carbons (Fsp3) is 0.176. The molecule has 0 bridgehead atoms. The summed E-state index contributed by atoms with van der Waals surface area (Å²) in [6.45, 7) is 1.63. The number of nitriles is 1. The number of benzene rings is 1. The summed E-state index contributed by atoms with van der Waals surface area (Å²) < 4.78 is 54.8. The zero-order valence-electron chi connectivity index (χ0n) is 14.5. The van der Waals surface area contributed by atoms with E-state index in [-0.39, 0.29) is 34.5 Å². The van der Waals surface area contributed by atoms with E-state index in [1.54, 1.807) is 6.92 Å². The summed E-state index contributed by atoms with van der Waals surface area (Å²) in [5.74, 6) is -3.92. The maximum atomic E-state index is 14.8. The van der Waals surface area contributed by atoms with E-state index in [0.29, 0.717) is 0 Å². The molecule has 0 aliphatic carbocycles. The molecule has 0 amide bonds. The summed E-state index contributed by atoms with van der Waals surface area (Å²) in [6, 6.07) is 4.83. The predicted molar refractivity (Wildman–Crippen MR) is 96.1 cm³/mol. The Morgan fingerprint density at radius 2 is 2.11 bits per heavy atom. The molecule has 0 radical (unpaired) electrons. The van der Waals surface area contributed by atoms with E-state index >= 15 is 0 Å². The Morgan fingerprint density at radius 1 is 1.36 bits per heavy atom. The highest BCUT2D eigenvalue weighted by Crippen LogP contribution is 2.26. The van der Waals surface area contributed by atoms with Crippen LogP contribution in [0.4, 0.5) is 14.5 Å². The van der Waals surface area contributed by atoms with Gasteiger partial charge in [-0.15, -0.1) is 0 Å². The largest absolute Gasteiger partial charge is 0.287 e. The maximum absolute atomic E-state index is 14.8. The summed E-state index contributed by atoms with van der Waals surface area (Å²) in [6.07, 6.45) is 1.54. The molecule has 3 rings (SSSR count). The molecule has 8 nitrogen and oxygen atoms in total. The zero-order valence-corrected chi connectivity index (χ0v) is 15.3. The van der Waals surface area contributed by atoms with Crippen LogP contribution in [0.25, 0.3) is 11.0 Å². The second-order valence-electron chi connectivity index (χ2n) is 5.84. The summed E-state index contributed by atoms with van der Waals surface area (Å²) in [5.41, 5.74) is -1.57. The number of hydrogen-bond donors (Lipinski definition) is 2. The number of carbonyl (C=O) groups excluding carboxylic acids is 1. The molecule has 0 fully saturated rings. The Morgan fingerprint density at radius 3 is 2.79 bits per heavy atom. The summed E-state index contributed by atoms with van der Waals surface area (Å²) in [4.78, 5) is 16.7. The van der Waals surface area contributed by atoms with Gasteiger partial charge in [0.25, 0.3) is 0 Å². The number of carbonyl (C=O) groups is 1. The van der Waals surface area contributed by atoms with Crippen molar-refractivity contribution in [2.75, 3.05) is 10.5 Å². The van der Waals surface area contributed by atoms with Crippen LogP contribution >= 0.6 is 0 Å². The quantitative estimate of drug-likeness (QED) is 0.606. The second-order valence-corrected chi connectivity index (χ2v) is 7.68. The molecule has 1 aromatic carbocycles. The monoisotopic (exact) mass is 405 g/mol. The number of sulfonamides is 1. The number of anilines is 1. The molecule has 3 aromatic rings. The molecule has 2 heterocycles. The Bertz CT molecular complexity index is 1230. The Hall–Kier alpha value is -3.39. The van der Waals surface area contributed by atoms with Gasteiger partial charge in [0.1, 0.15) is 17.6 Å². The summed E-state index contributed by atoms with van der Waals surface area (Å²) in [7, 11) is -3.85. The third-order valence-corrected chi connectivity index (χ3v) is 5.29. The summed E-state index contributed by atoms with van der Waals surface area (Å²) >= 11 is 0. The minimum absolute atomic E-state index is 0.111. The number of halogens is 2. The van der Waals surface area contributed by atoms with E-state index in [1.807, 2.05) is 10.8 Å². The number of fused-ring (bicyclic) bond motifs is 1. The van der Waals surface area contributed by atoms with Crippen molar-refractivity contribution in [2.24, 2.45) is 0 Å². The van der Waals surface area contributed by atoms with Gasteiger partial charge in [0.05, 0.1) is 28.0 Å². The molecule has 0 aliphatic rings. The maximum Gasteiger partial charge on any atom is 0.232 e. The number of ketones is 1. The molecule has 28 heavy (non-hydrogen) atoms. The number of aromatic amines is 1. The Balaban J connectivity index is 2.10. The number of aromatic nitrogens is 3. The van der Waals surface area contributed by atoms with Crippen molar-refractivity contribution < 1.29 is 22.0 Å². The number of H-pyrrole nitrogens is 1. The molecule has 2 aromatic heterocycles. The number of nitrogens with one attached hydrogen (secondary N) is 2. The molecular weight excluding hydrogens is 392 g/mol. The molecular formula is C17H13F2N5O3S. The third kappa shape index (κ3) is 3.54. The molecule has 0 unspecified atom stereocenters. The number of hydrogen-bond acceptors (Lipinski definition) is 6. The highest BCUT2D eigenvalue weighted by atomic mass is 32.2. The molecule has 0 saturated heterocycles. The number of nitrogens with zero attached hydrogens (tertiary/aromatic N) is 3. The van der Waals surface area contributed by atoms with Crippen LogP contribution in [0.1, 0.15) is 35.0 Å². The van der Waals surface area contributed by atoms with E-state index < -0.39 is 38.7 Å². The van der Waals surface area contributed by atoms with Crippen molar-refractivity contribution in [1.29, 1.82) is 5.26 Å². The zero-order chi connectivity index (χ0) is 20.5. The first-order valence-corrected chi connectivity index (χ1v) is 9.70. The SMILES string of the molecule is CCCS(=O)(=O)Nc1ccc(F)c(C(=O)c2n[nH]c3ncc(C#N)cc23)c1F. The van der Waals surface area contributed by atoms with Crippen LogP contribution in [0, 0.1) is 23.0 Å². The fourth-order valence-corrected chi connectivity index (χ4v) is 3.72. The lowest BCUT2D eigenvalue weighted by molar-refractivity contribution is 0.102. The van der Waals surface area contributed by atoms with E-state index in [0.717, 1.165) is 12.1 Å². The van der Waals surface area contributed by atoms with E-state index in [1.165, 1.54) is 12.3 Å². The third-order valence-electron chi connectivity index (χ3n) is 3.82. The van der Waals surface area contributed by atoms with Gasteiger partial charge in [-0.25, -0.2) is 22.2 Å². The highest BCUT2D eigenvalue weighted by Gasteiger charge is 2.27. The van der Waals surface area contributed by atoms with E-state index in [9.17, 15) is 22.0 Å². The van der Waals surface area contributed by atoms with Crippen LogP contribution < -0.4 is 4.72 Å². The van der Waals surface area contributed by atoms with Gasteiger partial charge >= 0.3 is 0 Å². The topological polar surface area (TPSA) is 129 Å². The Labute approximate surface area is 158 Å². The normalized spacial score (nSPS) is 11.4. The van der Waals surface area contributed by atoms with Crippen molar-refractivity contribution in [1.82, 2.24) is 15.2 Å². The Kier molecular flexibility index (Phi) is 5.06. The van der Waals surface area contributed by atoms with Gasteiger partial charge in [-0.05, 0) is 24.6 Å². The van der Waals surface area contributed by atoms with Crippen molar-refractivity contribution in [3.63, 3.8) is 0 Å². The van der Waals surface area contributed by atoms with Gasteiger partial charge in [0.2, 0.25) is 15.8 Å². The molecule has 0 aliphatic heterocycles. The first-order valence-electron chi connectivity index (χ1n) is 8.04. The van der Waals surface area contributed by atoms with Crippen LogP contribution in [0.3, 0.4) is 0 Å². The van der Waals surface area contributed by atoms with Crippen LogP contribution in [0.2, 0.25) is 0 Å². The molecule has 0 saturated carbocycles. The predicted octanol–water partition coefficient (Wildman–Crippen LogP) is 2.49. The van der Waals surface area contributed by atoms with E-state index in [4.69, 9.17) is 5.26 Å². The van der Waals surface area contributed by atoms with Gasteiger partial charge in [-0.3, -0.25) is 14.6 Å². The first-order chi connectivity index (χ1) is 13.3. The van der Waals surface area contributed by atoms with Crippen LogP contribution in [-0.2, 0) is 10.0 Å². The second kappa shape index (κ2) is 7.32. The molecule has 2 N–H and O–H groups in total. The van der Waals surface area contributed by atoms with Gasteiger partial charge < -0.3 is 0 Å². The highest BCUT2D eigenvalue weighted by molar-refractivity contribution is 7.92. The average Bonchev–Trinajstić information content (AvgIpc) is 3.07. The number of rotatable bonds is 6. The van der Waals surface area contributed by atoms with Gasteiger partial charge in [-0.1, -0.05) is 6.92 Å². The molecule has 0 atom stereocenters. The summed E-state index contributed by atoms with van der Waals surface area (Å²) in [5, 5.41) is 15.3. The fourth-order valence-electron chi connectivity index (χ4n) is 2.58. The minimum Gasteiger partial charge on any atom is -0.287 e. The smallest absolute Gasteiger partial charge is 0.232 e. The van der Waals surface area contributed by atoms with Crippen molar-refractivity contribution in [3.05, 3.63) is 52.9 Å².